The van der Waals surface area contributed by atoms with Crippen LogP contribution in [0.5, 0.6) is 0 Å². The van der Waals surface area contributed by atoms with Gasteiger partial charge in [-0.25, -0.2) is 19.2 Å². The monoisotopic (exact) mass is 1100 g/mol. The SMILES string of the molecule is COC(=O)C1=C(C)NC(C)=C(C(=O)OC(C)(C)CN(C)CCC(c2ccccc2)c2ccccc2)C1c1cccc([N+](=O)[O-])c1.COCCOC(=O)C1=C(C)NC(C)=C(C(=O)OC/C=C/c2ccccc2)C1c1cccc([N+](=O)[O-])c1. The largest absolute Gasteiger partial charge is 0.466 e. The highest BCUT2D eigenvalue weighted by molar-refractivity contribution is 6.01. The zero-order chi connectivity index (χ0) is 58.8. The fraction of sp³-hybridized carbons (Fsp3) is 0.302. The van der Waals surface area contributed by atoms with Gasteiger partial charge >= 0.3 is 23.9 Å². The molecule has 18 heteroatoms. The van der Waals surface area contributed by atoms with E-state index in [0.717, 1.165) is 18.5 Å². The van der Waals surface area contributed by atoms with Gasteiger partial charge in [0.05, 0.1) is 57.7 Å². The summed E-state index contributed by atoms with van der Waals surface area (Å²) in [6.07, 6.45) is 4.40. The normalized spacial score (nSPS) is 15.4. The Balaban J connectivity index is 0.000000268. The van der Waals surface area contributed by atoms with Gasteiger partial charge in [0.15, 0.2) is 0 Å². The first-order chi connectivity index (χ1) is 38.7. The van der Waals surface area contributed by atoms with Crippen LogP contribution in [-0.2, 0) is 42.9 Å². The van der Waals surface area contributed by atoms with E-state index in [-0.39, 0.29) is 59.4 Å². The van der Waals surface area contributed by atoms with Crippen LogP contribution in [0.2, 0.25) is 0 Å². The number of hydrogen-bond donors (Lipinski definition) is 2. The molecule has 2 unspecified atom stereocenters. The molecule has 2 heterocycles. The summed E-state index contributed by atoms with van der Waals surface area (Å²) in [5.41, 5.74) is 5.74. The molecule has 81 heavy (non-hydrogen) atoms. The van der Waals surface area contributed by atoms with E-state index in [2.05, 4.69) is 64.1 Å². The zero-order valence-electron chi connectivity index (χ0n) is 47.1. The number of nitrogens with zero attached hydrogens (tertiary/aromatic N) is 3. The second-order valence-corrected chi connectivity index (χ2v) is 20.1. The number of hydrogen-bond acceptors (Lipinski definition) is 16. The molecular formula is C63H69N5O13. The fourth-order valence-electron chi connectivity index (χ4n) is 10.0. The first-order valence-corrected chi connectivity index (χ1v) is 26.3. The second kappa shape index (κ2) is 28.8. The Bertz CT molecular complexity index is 3200. The molecule has 18 nitrogen and oxygen atoms in total. The molecular weight excluding hydrogens is 1030 g/mol. The van der Waals surface area contributed by atoms with Gasteiger partial charge in [-0.1, -0.05) is 121 Å². The van der Waals surface area contributed by atoms with Crippen LogP contribution in [-0.4, -0.2) is 98.4 Å². The van der Waals surface area contributed by atoms with E-state index in [1.165, 1.54) is 61.7 Å². The van der Waals surface area contributed by atoms with E-state index >= 15 is 0 Å². The van der Waals surface area contributed by atoms with Crippen molar-refractivity contribution in [1.29, 1.82) is 0 Å². The lowest BCUT2D eigenvalue weighted by Gasteiger charge is -2.34. The lowest BCUT2D eigenvalue weighted by Crippen LogP contribution is -2.42. The van der Waals surface area contributed by atoms with Crippen LogP contribution in [0.4, 0.5) is 11.4 Å². The fourth-order valence-corrected chi connectivity index (χ4v) is 10.0. The third-order valence-corrected chi connectivity index (χ3v) is 13.6. The average Bonchev–Trinajstić information content (AvgIpc) is 3.47. The first-order valence-electron chi connectivity index (χ1n) is 26.3. The number of ether oxygens (including phenoxy) is 5. The highest BCUT2D eigenvalue weighted by Gasteiger charge is 2.41. The quantitative estimate of drug-likeness (QED) is 0.0216. The van der Waals surface area contributed by atoms with Crippen molar-refractivity contribution in [2.75, 3.05) is 54.2 Å². The van der Waals surface area contributed by atoms with E-state index in [1.54, 1.807) is 45.9 Å². The topological polar surface area (TPSA) is 228 Å². The third kappa shape index (κ3) is 16.3. The molecule has 2 N–H and O–H groups in total. The molecule has 0 aromatic heterocycles. The number of rotatable bonds is 22. The first kappa shape index (κ1) is 61.2. The smallest absolute Gasteiger partial charge is 0.337 e. The predicted molar refractivity (Wildman–Crippen MR) is 307 cm³/mol. The third-order valence-electron chi connectivity index (χ3n) is 13.6. The number of allylic oxidation sites excluding steroid dienone is 4. The molecule has 0 aliphatic carbocycles. The number of nitro groups is 2. The Kier molecular flexibility index (Phi) is 21.7. The molecule has 0 saturated carbocycles. The minimum atomic E-state index is -0.924. The predicted octanol–water partition coefficient (Wildman–Crippen LogP) is 10.8. The van der Waals surface area contributed by atoms with Crippen LogP contribution >= 0.6 is 0 Å². The Labute approximate surface area is 472 Å². The van der Waals surface area contributed by atoms with Gasteiger partial charge < -0.3 is 39.2 Å². The van der Waals surface area contributed by atoms with Crippen LogP contribution in [0.1, 0.15) is 93.5 Å². The molecule has 424 valence electrons. The summed E-state index contributed by atoms with van der Waals surface area (Å²) in [7, 11) is 4.75. The van der Waals surface area contributed by atoms with E-state index in [1.807, 2.05) is 69.4 Å². The van der Waals surface area contributed by atoms with Gasteiger partial charge in [0.25, 0.3) is 11.4 Å². The zero-order valence-corrected chi connectivity index (χ0v) is 47.1. The van der Waals surface area contributed by atoms with E-state index in [0.29, 0.717) is 40.5 Å². The van der Waals surface area contributed by atoms with Gasteiger partial charge in [0.1, 0.15) is 18.8 Å². The number of esters is 4. The van der Waals surface area contributed by atoms with E-state index < -0.39 is 51.2 Å². The lowest BCUT2D eigenvalue weighted by atomic mass is 9.80. The van der Waals surface area contributed by atoms with Crippen LogP contribution < -0.4 is 10.6 Å². The van der Waals surface area contributed by atoms with Gasteiger partial charge in [0, 0.05) is 66.6 Å². The standard InChI is InChI=1S/C36H41N3O6.C27H28N2O7/c1-24-31(34(40)44-6)33(28-18-13-19-29(22-28)39(42)43)32(25(2)37-24)35(41)45-36(3,4)23-38(5)21-20-30(26-14-9-7-10-15-26)27-16-11-8-12-17-27;1-18-23(26(30)35-14-8-11-20-9-5-4-6-10-20)25(21-12-7-13-22(17-21)29(32)33)24(19(2)28-18)27(31)36-16-15-34-3/h7-19,22,30,33,37H,20-21,23H2,1-6H3;4-13,17,25,28H,14-16H2,1-3H3/b;11-8+. The number of likely N-dealkylation sites (N-methyl/N-ethyl adjacent to an activating group) is 1. The van der Waals surface area contributed by atoms with Gasteiger partial charge in [-0.15, -0.1) is 0 Å². The molecule has 5 aromatic carbocycles. The van der Waals surface area contributed by atoms with Crippen molar-refractivity contribution < 1.29 is 52.7 Å². The molecule has 0 fully saturated rings. The molecule has 0 saturated heterocycles. The summed E-state index contributed by atoms with van der Waals surface area (Å²) in [4.78, 5) is 77.4. The molecule has 2 aliphatic rings. The van der Waals surface area contributed by atoms with Gasteiger partial charge in [-0.2, -0.15) is 0 Å². The maximum Gasteiger partial charge on any atom is 0.337 e. The van der Waals surface area contributed by atoms with E-state index in [9.17, 15) is 39.4 Å². The summed E-state index contributed by atoms with van der Waals surface area (Å²) in [6, 6.07) is 42.2. The Hall–Kier alpha value is -9.00. The highest BCUT2D eigenvalue weighted by Crippen LogP contribution is 2.42. The minimum absolute atomic E-state index is 0.00246. The summed E-state index contributed by atoms with van der Waals surface area (Å²) < 4.78 is 27.0. The molecule has 0 amide bonds. The summed E-state index contributed by atoms with van der Waals surface area (Å²) in [5.74, 6) is -4.19. The van der Waals surface area contributed by atoms with Crippen LogP contribution in [0.3, 0.4) is 0 Å². The van der Waals surface area contributed by atoms with Crippen molar-refractivity contribution in [3.05, 3.63) is 239 Å². The van der Waals surface area contributed by atoms with Crippen LogP contribution in [0.15, 0.2) is 191 Å². The lowest BCUT2D eigenvalue weighted by molar-refractivity contribution is -0.385. The molecule has 0 spiro atoms. The number of non-ortho nitro benzene ring substituents is 2. The minimum Gasteiger partial charge on any atom is -0.466 e. The number of carbonyl (C=O) groups excluding carboxylic acids is 4. The molecule has 0 radical (unpaired) electrons. The molecule has 2 atom stereocenters. The average molecular weight is 1100 g/mol. The van der Waals surface area contributed by atoms with Gasteiger partial charge in [0.2, 0.25) is 0 Å². The molecule has 7 rings (SSSR count). The van der Waals surface area contributed by atoms with Crippen molar-refractivity contribution in [1.82, 2.24) is 15.5 Å². The Morgan fingerprint density at radius 1 is 0.605 bits per heavy atom. The van der Waals surface area contributed by atoms with Crippen LogP contribution in [0, 0.1) is 20.2 Å². The summed E-state index contributed by atoms with van der Waals surface area (Å²) in [5, 5.41) is 29.2. The number of nitrogens with one attached hydrogen (secondary N) is 2. The van der Waals surface area contributed by atoms with Crippen molar-refractivity contribution in [2.45, 2.75) is 71.3 Å². The second-order valence-electron chi connectivity index (χ2n) is 20.1. The van der Waals surface area contributed by atoms with E-state index in [4.69, 9.17) is 23.7 Å². The summed E-state index contributed by atoms with van der Waals surface area (Å²) in [6.45, 7) is 11.9. The Morgan fingerprint density at radius 2 is 1.05 bits per heavy atom. The maximum absolute atomic E-state index is 14.0. The highest BCUT2D eigenvalue weighted by atomic mass is 16.6. The van der Waals surface area contributed by atoms with Crippen LogP contribution in [0.25, 0.3) is 6.08 Å². The van der Waals surface area contributed by atoms with Gasteiger partial charge in [-0.3, -0.25) is 20.2 Å². The number of dihydropyridines is 2. The number of carbonyl (C=O) groups is 4. The summed E-state index contributed by atoms with van der Waals surface area (Å²) >= 11 is 0. The molecule has 0 bridgehead atoms. The molecule has 2 aliphatic heterocycles. The number of nitro benzene ring substituents is 2. The van der Waals surface area contributed by atoms with Gasteiger partial charge in [-0.05, 0) is 95.4 Å². The Morgan fingerprint density at radius 3 is 1.51 bits per heavy atom. The number of methoxy groups -OCH3 is 2. The van der Waals surface area contributed by atoms with Crippen molar-refractivity contribution >= 4 is 41.3 Å². The van der Waals surface area contributed by atoms with Crippen molar-refractivity contribution in [3.8, 4) is 0 Å². The number of benzene rings is 5. The van der Waals surface area contributed by atoms with Crippen molar-refractivity contribution in [3.63, 3.8) is 0 Å². The van der Waals surface area contributed by atoms with Crippen molar-refractivity contribution in [2.24, 2.45) is 0 Å². The maximum atomic E-state index is 14.0. The molecule has 5 aromatic rings.